The van der Waals surface area contributed by atoms with Crippen molar-refractivity contribution in [1.29, 1.82) is 0 Å². The van der Waals surface area contributed by atoms with Crippen LogP contribution in [0.3, 0.4) is 0 Å². The summed E-state index contributed by atoms with van der Waals surface area (Å²) in [6, 6.07) is 7.70. The first kappa shape index (κ1) is 26.7. The van der Waals surface area contributed by atoms with Crippen LogP contribution in [0.5, 0.6) is 0 Å². The summed E-state index contributed by atoms with van der Waals surface area (Å²) >= 11 is 6.74. The van der Waals surface area contributed by atoms with Crippen molar-refractivity contribution in [2.24, 2.45) is 0 Å². The van der Waals surface area contributed by atoms with Crippen molar-refractivity contribution >= 4 is 44.0 Å². The number of aromatic nitrogens is 4. The fourth-order valence-corrected chi connectivity index (χ4v) is 3.62. The fourth-order valence-electron chi connectivity index (χ4n) is 2.97. The molecule has 2 aromatic heterocycles. The average Bonchev–Trinajstić information content (AvgIpc) is 3.23. The summed E-state index contributed by atoms with van der Waals surface area (Å²) in [4.78, 5) is 33.0. The number of hydrogen-bond acceptors (Lipinski definition) is 9. The molecule has 2 heterocycles. The third kappa shape index (κ3) is 7.82. The van der Waals surface area contributed by atoms with Gasteiger partial charge in [-0.3, -0.25) is 4.98 Å². The predicted molar refractivity (Wildman–Crippen MR) is 135 cm³/mol. The number of nitrogens with zero attached hydrogens (tertiary/aromatic N) is 4. The molecule has 186 valence electrons. The molecular weight excluding hydrogens is 586 g/mol. The molecule has 35 heavy (non-hydrogen) atoms. The van der Waals surface area contributed by atoms with Crippen LogP contribution in [0, 0.1) is 0 Å². The van der Waals surface area contributed by atoms with E-state index in [0.29, 0.717) is 21.9 Å². The van der Waals surface area contributed by atoms with Gasteiger partial charge in [-0.2, -0.15) is 0 Å². The Balaban J connectivity index is 1.77. The maximum Gasteiger partial charge on any atom is 0.417 e. The Bertz CT molecular complexity index is 1210. The second-order valence-corrected chi connectivity index (χ2v) is 10.6. The average molecular weight is 611 g/mol. The van der Waals surface area contributed by atoms with Crippen LogP contribution < -0.4 is 5.32 Å². The SMILES string of the molecule is CC(C)(C)OC(=O)NC(=O)OC(C)(C)Cc1ncc(Br)nc1-c1nnc(-c2ccc(CBr)cc2)o1. The van der Waals surface area contributed by atoms with Gasteiger partial charge in [0.05, 0.1) is 11.9 Å². The predicted octanol–water partition coefficient (Wildman–Crippen LogP) is 5.83. The monoisotopic (exact) mass is 609 g/mol. The highest BCUT2D eigenvalue weighted by atomic mass is 79.9. The van der Waals surface area contributed by atoms with E-state index in [1.807, 2.05) is 24.3 Å². The molecule has 0 fully saturated rings. The van der Waals surface area contributed by atoms with Crippen LogP contribution in [0.25, 0.3) is 23.0 Å². The number of imide groups is 1. The van der Waals surface area contributed by atoms with Gasteiger partial charge in [-0.25, -0.2) is 19.9 Å². The number of benzene rings is 1. The zero-order chi connectivity index (χ0) is 25.8. The van der Waals surface area contributed by atoms with Crippen LogP contribution >= 0.6 is 31.9 Å². The Morgan fingerprint density at radius 1 is 1.00 bits per heavy atom. The lowest BCUT2D eigenvalue weighted by atomic mass is 10.0. The Kier molecular flexibility index (Phi) is 8.26. The largest absolute Gasteiger partial charge is 0.443 e. The second kappa shape index (κ2) is 10.8. The first-order valence-electron chi connectivity index (χ1n) is 10.6. The van der Waals surface area contributed by atoms with Crippen LogP contribution in [0.15, 0.2) is 39.5 Å². The van der Waals surface area contributed by atoms with E-state index in [1.54, 1.807) is 34.6 Å². The minimum absolute atomic E-state index is 0.155. The number of hydrogen-bond donors (Lipinski definition) is 1. The van der Waals surface area contributed by atoms with Crippen LogP contribution in [-0.4, -0.2) is 43.6 Å². The number of alkyl carbamates (subject to hydrolysis) is 2. The molecule has 0 aliphatic rings. The van der Waals surface area contributed by atoms with Crippen molar-refractivity contribution in [2.45, 2.75) is 57.6 Å². The summed E-state index contributed by atoms with van der Waals surface area (Å²) in [6.07, 6.45) is -0.165. The maximum atomic E-state index is 12.2. The van der Waals surface area contributed by atoms with Gasteiger partial charge in [-0.05, 0) is 68.2 Å². The van der Waals surface area contributed by atoms with Gasteiger partial charge in [0.15, 0.2) is 5.69 Å². The summed E-state index contributed by atoms with van der Waals surface area (Å²) < 4.78 is 16.9. The smallest absolute Gasteiger partial charge is 0.417 e. The molecule has 12 heteroatoms. The molecule has 0 spiro atoms. The number of halogens is 2. The van der Waals surface area contributed by atoms with E-state index in [0.717, 1.165) is 16.5 Å². The third-order valence-electron chi connectivity index (χ3n) is 4.37. The van der Waals surface area contributed by atoms with E-state index >= 15 is 0 Å². The molecule has 1 aromatic carbocycles. The molecule has 1 N–H and O–H groups in total. The number of carbonyl (C=O) groups excluding carboxylic acids is 2. The molecule has 0 aliphatic carbocycles. The number of rotatable bonds is 6. The molecule has 0 saturated carbocycles. The Morgan fingerprint density at radius 3 is 2.26 bits per heavy atom. The number of alkyl halides is 1. The van der Waals surface area contributed by atoms with E-state index in [4.69, 9.17) is 13.9 Å². The standard InChI is InChI=1S/C23H25Br2N5O5/c1-22(2,3)34-20(31)28-21(32)35-23(4,5)10-15-17(27-16(25)12-26-15)19-30-29-18(33-19)14-8-6-13(11-24)7-9-14/h6-9,12H,10-11H2,1-5H3,(H,28,31,32). The lowest BCUT2D eigenvalue weighted by Gasteiger charge is -2.25. The Hall–Kier alpha value is -2.86. The summed E-state index contributed by atoms with van der Waals surface area (Å²) in [5, 5.41) is 11.1. The molecule has 0 aliphatic heterocycles. The number of carbonyl (C=O) groups is 2. The Labute approximate surface area is 219 Å². The first-order valence-corrected chi connectivity index (χ1v) is 12.5. The van der Waals surface area contributed by atoms with Crippen molar-refractivity contribution in [3.8, 4) is 23.0 Å². The summed E-state index contributed by atoms with van der Waals surface area (Å²) in [5.41, 5.74) is 0.887. The van der Waals surface area contributed by atoms with Crippen LogP contribution in [0.1, 0.15) is 45.9 Å². The van der Waals surface area contributed by atoms with Crippen LogP contribution in [-0.2, 0) is 21.2 Å². The second-order valence-electron chi connectivity index (χ2n) is 9.18. The lowest BCUT2D eigenvalue weighted by Crippen LogP contribution is -2.41. The topological polar surface area (TPSA) is 129 Å². The van der Waals surface area contributed by atoms with Crippen molar-refractivity contribution in [3.63, 3.8) is 0 Å². The molecule has 10 nitrogen and oxygen atoms in total. The maximum absolute atomic E-state index is 12.2. The van der Waals surface area contributed by atoms with Crippen molar-refractivity contribution in [3.05, 3.63) is 46.3 Å². The van der Waals surface area contributed by atoms with Gasteiger partial charge in [0.2, 0.25) is 5.89 Å². The highest BCUT2D eigenvalue weighted by Gasteiger charge is 2.29. The fraction of sp³-hybridized carbons (Fsp3) is 0.391. The molecule has 3 rings (SSSR count). The summed E-state index contributed by atoms with van der Waals surface area (Å²) in [6.45, 7) is 8.43. The van der Waals surface area contributed by atoms with Crippen molar-refractivity contribution < 1.29 is 23.5 Å². The first-order chi connectivity index (χ1) is 16.3. The van der Waals surface area contributed by atoms with Gasteiger partial charge in [0, 0.05) is 17.3 Å². The summed E-state index contributed by atoms with van der Waals surface area (Å²) in [5.74, 6) is 0.503. The molecule has 0 saturated heterocycles. The van der Waals surface area contributed by atoms with Crippen molar-refractivity contribution in [2.75, 3.05) is 0 Å². The van der Waals surface area contributed by atoms with Gasteiger partial charge < -0.3 is 13.9 Å². The summed E-state index contributed by atoms with van der Waals surface area (Å²) in [7, 11) is 0. The van der Waals surface area contributed by atoms with Gasteiger partial charge in [0.25, 0.3) is 5.89 Å². The molecule has 0 bridgehead atoms. The number of amides is 2. The minimum Gasteiger partial charge on any atom is -0.443 e. The number of ether oxygens (including phenoxy) is 2. The number of nitrogens with one attached hydrogen (secondary N) is 1. The van der Waals surface area contributed by atoms with Gasteiger partial charge in [0.1, 0.15) is 15.8 Å². The third-order valence-corrected chi connectivity index (χ3v) is 5.40. The van der Waals surface area contributed by atoms with Gasteiger partial charge in [-0.15, -0.1) is 10.2 Å². The van der Waals surface area contributed by atoms with E-state index in [2.05, 4.69) is 57.3 Å². The van der Waals surface area contributed by atoms with E-state index in [1.165, 1.54) is 6.20 Å². The highest BCUT2D eigenvalue weighted by Crippen LogP contribution is 2.28. The molecule has 3 aromatic rings. The van der Waals surface area contributed by atoms with Crippen LogP contribution in [0.2, 0.25) is 0 Å². The molecular formula is C23H25Br2N5O5. The molecule has 0 unspecified atom stereocenters. The van der Waals surface area contributed by atoms with Gasteiger partial charge in [-0.1, -0.05) is 28.1 Å². The Morgan fingerprint density at radius 2 is 1.63 bits per heavy atom. The zero-order valence-corrected chi connectivity index (χ0v) is 23.1. The van der Waals surface area contributed by atoms with E-state index in [-0.39, 0.29) is 12.3 Å². The highest BCUT2D eigenvalue weighted by molar-refractivity contribution is 9.10. The molecule has 2 amide bonds. The van der Waals surface area contributed by atoms with E-state index < -0.39 is 23.4 Å². The van der Waals surface area contributed by atoms with E-state index in [9.17, 15) is 9.59 Å². The minimum atomic E-state index is -1.06. The zero-order valence-electron chi connectivity index (χ0n) is 19.9. The van der Waals surface area contributed by atoms with Gasteiger partial charge >= 0.3 is 12.2 Å². The normalized spacial score (nSPS) is 11.7. The van der Waals surface area contributed by atoms with Crippen LogP contribution in [0.4, 0.5) is 9.59 Å². The quantitative estimate of drug-likeness (QED) is 0.342. The lowest BCUT2D eigenvalue weighted by molar-refractivity contribution is 0.0276. The van der Waals surface area contributed by atoms with Crippen molar-refractivity contribution in [1.82, 2.24) is 25.5 Å². The molecule has 0 radical (unpaired) electrons. The molecule has 0 atom stereocenters.